The van der Waals surface area contributed by atoms with Gasteiger partial charge in [-0.05, 0) is 37.8 Å². The zero-order valence-corrected chi connectivity index (χ0v) is 18.8. The molecule has 0 heterocycles. The fraction of sp³-hybridized carbons (Fsp3) is 0.625. The van der Waals surface area contributed by atoms with Gasteiger partial charge in [0.25, 0.3) is 5.69 Å². The number of benzene rings is 1. The molecule has 0 amide bonds. The van der Waals surface area contributed by atoms with Gasteiger partial charge in [-0.15, -0.1) is 0 Å². The summed E-state index contributed by atoms with van der Waals surface area (Å²) in [5.41, 5.74) is 0.398. The first kappa shape index (κ1) is 24.7. The Balaban J connectivity index is 2.94. The van der Waals surface area contributed by atoms with E-state index in [2.05, 4.69) is 0 Å². The highest BCUT2D eigenvalue weighted by atomic mass is 32.3. The lowest BCUT2D eigenvalue weighted by Gasteiger charge is -2.15. The summed E-state index contributed by atoms with van der Waals surface area (Å²) in [5, 5.41) is 11.3. The van der Waals surface area contributed by atoms with Gasteiger partial charge in [0.05, 0.1) is 11.5 Å². The van der Waals surface area contributed by atoms with Gasteiger partial charge in [0, 0.05) is 25.2 Å². The van der Waals surface area contributed by atoms with Crippen molar-refractivity contribution in [2.45, 2.75) is 37.2 Å². The van der Waals surface area contributed by atoms with Crippen LogP contribution >= 0.6 is 7.37 Å². The fourth-order valence-electron chi connectivity index (χ4n) is 2.91. The van der Waals surface area contributed by atoms with Crippen LogP contribution < -0.4 is 5.30 Å². The number of rotatable bonds is 11. The molecule has 0 aliphatic heterocycles. The molecule has 0 saturated heterocycles. The van der Waals surface area contributed by atoms with E-state index in [9.17, 15) is 31.5 Å². The zero-order chi connectivity index (χ0) is 21.8. The highest BCUT2D eigenvalue weighted by molar-refractivity contribution is 8.08. The molecule has 1 atom stereocenters. The molecule has 1 unspecified atom stereocenters. The summed E-state index contributed by atoms with van der Waals surface area (Å²) in [6.45, 7) is 3.12. The average Bonchev–Trinajstić information content (AvgIpc) is 2.51. The van der Waals surface area contributed by atoms with Gasteiger partial charge in [-0.2, -0.15) is 0 Å². The van der Waals surface area contributed by atoms with Gasteiger partial charge in [0.2, 0.25) is 7.37 Å². The minimum atomic E-state index is -3.73. The van der Waals surface area contributed by atoms with E-state index in [1.165, 1.54) is 24.9 Å². The third-order valence-electron chi connectivity index (χ3n) is 4.16. The van der Waals surface area contributed by atoms with Gasteiger partial charge < -0.3 is 4.52 Å². The standard InChI is InChI=1S/C16H26NO8PS2/c1-5-25-26(2,20)15-12-13(10-11-14(15)17(18)19)8-6-7-9-16(27(3,21)22)28(4,23)24/h10-12,16H,5-9H2,1-4H3. The molecule has 0 N–H and O–H groups in total. The Kier molecular flexibility index (Phi) is 8.37. The second-order valence-electron chi connectivity index (χ2n) is 6.68. The van der Waals surface area contributed by atoms with Crippen LogP contribution in [0.3, 0.4) is 0 Å². The molecule has 0 fully saturated rings. The first-order valence-electron chi connectivity index (χ1n) is 8.57. The number of sulfone groups is 2. The fourth-order valence-corrected chi connectivity index (χ4v) is 8.24. The van der Waals surface area contributed by atoms with E-state index in [0.29, 0.717) is 24.8 Å². The summed E-state index contributed by atoms with van der Waals surface area (Å²) >= 11 is 0. The van der Waals surface area contributed by atoms with Crippen molar-refractivity contribution in [1.82, 2.24) is 0 Å². The molecule has 0 radical (unpaired) electrons. The number of nitro groups is 1. The van der Waals surface area contributed by atoms with Crippen molar-refractivity contribution in [3.05, 3.63) is 33.9 Å². The summed E-state index contributed by atoms with van der Waals surface area (Å²) in [6.07, 6.45) is 3.01. The topological polar surface area (TPSA) is 138 Å². The Morgan fingerprint density at radius 2 is 1.71 bits per heavy atom. The maximum absolute atomic E-state index is 12.7. The number of nitrogens with zero attached hydrogens (tertiary/aromatic N) is 1. The molecule has 160 valence electrons. The largest absolute Gasteiger partial charge is 0.326 e. The quantitative estimate of drug-likeness (QED) is 0.214. The van der Waals surface area contributed by atoms with Crippen LogP contribution in [0.4, 0.5) is 5.69 Å². The van der Waals surface area contributed by atoms with Gasteiger partial charge in [-0.3, -0.25) is 14.7 Å². The first-order chi connectivity index (χ1) is 12.7. The normalized spacial score (nSPS) is 14.8. The second kappa shape index (κ2) is 9.47. The van der Waals surface area contributed by atoms with E-state index in [1.807, 2.05) is 0 Å². The van der Waals surface area contributed by atoms with Crippen molar-refractivity contribution >= 4 is 38.0 Å². The average molecular weight is 455 g/mol. The minimum Gasteiger partial charge on any atom is -0.326 e. The Bertz CT molecular complexity index is 940. The van der Waals surface area contributed by atoms with Crippen LogP contribution in [0, 0.1) is 10.1 Å². The third-order valence-corrected chi connectivity index (χ3v) is 10.6. The second-order valence-corrected chi connectivity index (χ2v) is 13.9. The third kappa shape index (κ3) is 6.95. The number of hydrogen-bond acceptors (Lipinski definition) is 8. The molecule has 12 heteroatoms. The lowest BCUT2D eigenvalue weighted by molar-refractivity contribution is -0.383. The molecule has 28 heavy (non-hydrogen) atoms. The summed E-state index contributed by atoms with van der Waals surface area (Å²) < 4.78 is 63.1. The summed E-state index contributed by atoms with van der Waals surface area (Å²) in [5.74, 6) is 0. The lowest BCUT2D eigenvalue weighted by Crippen LogP contribution is -2.28. The number of aryl methyl sites for hydroxylation is 1. The zero-order valence-electron chi connectivity index (χ0n) is 16.3. The van der Waals surface area contributed by atoms with Gasteiger partial charge in [0.15, 0.2) is 24.3 Å². The predicted molar refractivity (Wildman–Crippen MR) is 109 cm³/mol. The molecule has 0 aliphatic rings. The highest BCUT2D eigenvalue weighted by Gasteiger charge is 2.31. The molecule has 9 nitrogen and oxygen atoms in total. The van der Waals surface area contributed by atoms with E-state index in [0.717, 1.165) is 12.5 Å². The van der Waals surface area contributed by atoms with Crippen molar-refractivity contribution in [3.63, 3.8) is 0 Å². The molecule has 0 aliphatic carbocycles. The monoisotopic (exact) mass is 455 g/mol. The summed E-state index contributed by atoms with van der Waals surface area (Å²) in [4.78, 5) is 10.6. The smallest absolute Gasteiger partial charge is 0.282 e. The molecular weight excluding hydrogens is 429 g/mol. The summed E-state index contributed by atoms with van der Waals surface area (Å²) in [7, 11) is -10.8. The Labute approximate surface area is 165 Å². The lowest BCUT2D eigenvalue weighted by atomic mass is 10.1. The molecule has 0 spiro atoms. The number of unbranched alkanes of at least 4 members (excludes halogenated alkanes) is 1. The van der Waals surface area contributed by atoms with Crippen molar-refractivity contribution in [2.24, 2.45) is 0 Å². The van der Waals surface area contributed by atoms with Crippen LogP contribution in [-0.2, 0) is 35.2 Å². The van der Waals surface area contributed by atoms with E-state index >= 15 is 0 Å². The van der Waals surface area contributed by atoms with Crippen LogP contribution in [0.25, 0.3) is 0 Å². The van der Waals surface area contributed by atoms with Crippen molar-refractivity contribution in [3.8, 4) is 0 Å². The van der Waals surface area contributed by atoms with Crippen LogP contribution in [0.5, 0.6) is 0 Å². The van der Waals surface area contributed by atoms with Gasteiger partial charge in [0.1, 0.15) is 5.30 Å². The molecular formula is C16H26NO8PS2. The highest BCUT2D eigenvalue weighted by Crippen LogP contribution is 2.44. The first-order valence-corrected chi connectivity index (χ1v) is 14.6. The molecule has 0 saturated carbocycles. The molecule has 0 bridgehead atoms. The van der Waals surface area contributed by atoms with Crippen molar-refractivity contribution in [1.29, 1.82) is 0 Å². The van der Waals surface area contributed by atoms with E-state index in [4.69, 9.17) is 4.52 Å². The van der Waals surface area contributed by atoms with Crippen LogP contribution in [-0.4, -0.2) is 52.1 Å². The molecule has 1 aromatic rings. The molecule has 0 aromatic heterocycles. The van der Waals surface area contributed by atoms with E-state index in [1.54, 1.807) is 6.92 Å². The van der Waals surface area contributed by atoms with Gasteiger partial charge in [-0.25, -0.2) is 16.8 Å². The number of hydrogen-bond donors (Lipinski definition) is 0. The van der Waals surface area contributed by atoms with Crippen molar-refractivity contribution < 1.29 is 30.8 Å². The van der Waals surface area contributed by atoms with E-state index < -0.39 is 36.5 Å². The number of nitro benzene ring substituents is 1. The maximum atomic E-state index is 12.7. The van der Waals surface area contributed by atoms with Gasteiger partial charge in [-0.1, -0.05) is 12.5 Å². The van der Waals surface area contributed by atoms with Crippen LogP contribution in [0.2, 0.25) is 0 Å². The Morgan fingerprint density at radius 3 is 2.18 bits per heavy atom. The molecule has 1 rings (SSSR count). The maximum Gasteiger partial charge on any atom is 0.282 e. The van der Waals surface area contributed by atoms with Crippen LogP contribution in [0.1, 0.15) is 31.7 Å². The van der Waals surface area contributed by atoms with Crippen molar-refractivity contribution in [2.75, 3.05) is 25.8 Å². The SMILES string of the molecule is CCOP(C)(=O)c1cc(CCCCC(S(C)(=O)=O)S(C)(=O)=O)ccc1[N+](=O)[O-]. The summed E-state index contributed by atoms with van der Waals surface area (Å²) in [6, 6.07) is 4.28. The minimum absolute atomic E-state index is 0.0251. The predicted octanol–water partition coefficient (Wildman–Crippen LogP) is 2.29. The Morgan fingerprint density at radius 1 is 1.14 bits per heavy atom. The Hall–Kier alpha value is -1.29. The van der Waals surface area contributed by atoms with Crippen LogP contribution in [0.15, 0.2) is 18.2 Å². The van der Waals surface area contributed by atoms with E-state index in [-0.39, 0.29) is 24.0 Å². The van der Waals surface area contributed by atoms with Gasteiger partial charge >= 0.3 is 0 Å². The molecule has 1 aromatic carbocycles.